The van der Waals surface area contributed by atoms with Gasteiger partial charge in [0.2, 0.25) is 0 Å². The Bertz CT molecular complexity index is 356. The van der Waals surface area contributed by atoms with Gasteiger partial charge in [-0.05, 0) is 37.8 Å². The lowest BCUT2D eigenvalue weighted by Gasteiger charge is -2.11. The second-order valence-corrected chi connectivity index (χ2v) is 5.11. The molecule has 3 nitrogen and oxygen atoms in total. The van der Waals surface area contributed by atoms with E-state index in [-0.39, 0.29) is 0 Å². The fraction of sp³-hybridized carbons (Fsp3) is 0.643. The summed E-state index contributed by atoms with van der Waals surface area (Å²) in [6.07, 6.45) is 8.31. The Kier molecular flexibility index (Phi) is 4.24. The zero-order chi connectivity index (χ0) is 12.1. The van der Waals surface area contributed by atoms with Crippen LogP contribution in [0.1, 0.15) is 44.2 Å². The van der Waals surface area contributed by atoms with Crippen LogP contribution >= 0.6 is 0 Å². The Balaban J connectivity index is 1.72. The van der Waals surface area contributed by atoms with Crippen molar-refractivity contribution in [3.05, 3.63) is 17.8 Å². The van der Waals surface area contributed by atoms with E-state index in [9.17, 15) is 0 Å². The molecule has 1 aromatic heterocycles. The molecule has 0 spiro atoms. The van der Waals surface area contributed by atoms with Gasteiger partial charge in [0.25, 0.3) is 0 Å². The highest BCUT2D eigenvalue weighted by molar-refractivity contribution is 5.61. The van der Waals surface area contributed by atoms with Crippen molar-refractivity contribution in [3.8, 4) is 0 Å². The fourth-order valence-electron chi connectivity index (χ4n) is 2.61. The predicted molar refractivity (Wildman–Crippen MR) is 73.1 cm³/mol. The highest BCUT2D eigenvalue weighted by Crippen LogP contribution is 2.28. The molecule has 0 bridgehead atoms. The second kappa shape index (κ2) is 5.89. The van der Waals surface area contributed by atoms with Crippen molar-refractivity contribution in [3.63, 3.8) is 0 Å². The first-order valence-electron chi connectivity index (χ1n) is 6.72. The quantitative estimate of drug-likeness (QED) is 0.767. The zero-order valence-electron chi connectivity index (χ0n) is 10.7. The average Bonchev–Trinajstić information content (AvgIpc) is 2.82. The molecule has 1 aliphatic rings. The average molecular weight is 233 g/mol. The number of nitrogens with zero attached hydrogens (tertiary/aromatic N) is 1. The van der Waals surface area contributed by atoms with Crippen molar-refractivity contribution in [2.75, 3.05) is 17.6 Å². The minimum atomic E-state index is 0.747. The Labute approximate surface area is 104 Å². The molecule has 17 heavy (non-hydrogen) atoms. The van der Waals surface area contributed by atoms with E-state index in [2.05, 4.69) is 10.3 Å². The van der Waals surface area contributed by atoms with Gasteiger partial charge in [-0.15, -0.1) is 0 Å². The van der Waals surface area contributed by atoms with Crippen molar-refractivity contribution in [2.45, 2.75) is 45.4 Å². The molecule has 0 aliphatic heterocycles. The molecule has 1 saturated carbocycles. The number of pyridine rings is 1. The van der Waals surface area contributed by atoms with Crippen LogP contribution in [0.5, 0.6) is 0 Å². The molecule has 1 aliphatic carbocycles. The fourth-order valence-corrected chi connectivity index (χ4v) is 2.61. The minimum Gasteiger partial charge on any atom is -0.396 e. The summed E-state index contributed by atoms with van der Waals surface area (Å²) in [6.45, 7) is 2.97. The summed E-state index contributed by atoms with van der Waals surface area (Å²) >= 11 is 0. The Morgan fingerprint density at radius 1 is 1.35 bits per heavy atom. The van der Waals surface area contributed by atoms with Gasteiger partial charge in [-0.2, -0.15) is 0 Å². The van der Waals surface area contributed by atoms with Crippen LogP contribution in [0.3, 0.4) is 0 Å². The second-order valence-electron chi connectivity index (χ2n) is 5.11. The number of nitrogen functional groups attached to an aromatic ring is 1. The summed E-state index contributed by atoms with van der Waals surface area (Å²) in [4.78, 5) is 4.41. The van der Waals surface area contributed by atoms with Crippen LogP contribution in [-0.2, 0) is 0 Å². The summed E-state index contributed by atoms with van der Waals surface area (Å²) in [6, 6.07) is 3.86. The highest BCUT2D eigenvalue weighted by atomic mass is 15.0. The number of anilines is 2. The molecule has 2 rings (SSSR count). The maximum atomic E-state index is 5.87. The van der Waals surface area contributed by atoms with Crippen molar-refractivity contribution in [2.24, 2.45) is 5.92 Å². The van der Waals surface area contributed by atoms with E-state index in [0.29, 0.717) is 0 Å². The minimum absolute atomic E-state index is 0.747. The van der Waals surface area contributed by atoms with Crippen LogP contribution in [0.15, 0.2) is 12.1 Å². The topological polar surface area (TPSA) is 50.9 Å². The van der Waals surface area contributed by atoms with Crippen molar-refractivity contribution < 1.29 is 0 Å². The van der Waals surface area contributed by atoms with Crippen LogP contribution in [0, 0.1) is 12.8 Å². The largest absolute Gasteiger partial charge is 0.396 e. The molecule has 1 fully saturated rings. The number of hydrogen-bond donors (Lipinski definition) is 2. The summed E-state index contributed by atoms with van der Waals surface area (Å²) in [5.74, 6) is 1.82. The van der Waals surface area contributed by atoms with E-state index < -0.39 is 0 Å². The van der Waals surface area contributed by atoms with Gasteiger partial charge in [0.1, 0.15) is 5.82 Å². The van der Waals surface area contributed by atoms with Gasteiger partial charge in [0, 0.05) is 12.2 Å². The third kappa shape index (κ3) is 3.62. The van der Waals surface area contributed by atoms with Crippen molar-refractivity contribution in [1.29, 1.82) is 0 Å². The number of hydrogen-bond acceptors (Lipinski definition) is 3. The molecule has 0 unspecified atom stereocenters. The molecule has 3 heteroatoms. The van der Waals surface area contributed by atoms with Gasteiger partial charge in [0.05, 0.1) is 5.69 Å². The van der Waals surface area contributed by atoms with Crippen LogP contribution in [0.4, 0.5) is 11.5 Å². The first-order chi connectivity index (χ1) is 8.25. The highest BCUT2D eigenvalue weighted by Gasteiger charge is 2.13. The lowest BCUT2D eigenvalue weighted by atomic mass is 10.0. The van der Waals surface area contributed by atoms with Gasteiger partial charge in [-0.3, -0.25) is 0 Å². The summed E-state index contributed by atoms with van der Waals surface area (Å²) in [5.41, 5.74) is 7.63. The maximum Gasteiger partial charge on any atom is 0.149 e. The predicted octanol–water partition coefficient (Wildman–Crippen LogP) is 3.35. The lowest BCUT2D eigenvalue weighted by molar-refractivity contribution is 0.491. The normalized spacial score (nSPS) is 16.3. The van der Waals surface area contributed by atoms with E-state index >= 15 is 0 Å². The van der Waals surface area contributed by atoms with Crippen LogP contribution in [-0.4, -0.2) is 11.5 Å². The van der Waals surface area contributed by atoms with E-state index in [1.54, 1.807) is 0 Å². The maximum absolute atomic E-state index is 5.87. The Morgan fingerprint density at radius 3 is 2.88 bits per heavy atom. The van der Waals surface area contributed by atoms with E-state index in [1.807, 2.05) is 19.1 Å². The zero-order valence-corrected chi connectivity index (χ0v) is 10.7. The molecule has 1 aromatic rings. The third-order valence-electron chi connectivity index (χ3n) is 3.62. The van der Waals surface area contributed by atoms with E-state index in [1.165, 1.54) is 38.5 Å². The molecule has 0 aromatic carbocycles. The van der Waals surface area contributed by atoms with Gasteiger partial charge < -0.3 is 11.1 Å². The van der Waals surface area contributed by atoms with Gasteiger partial charge in [-0.1, -0.05) is 25.7 Å². The van der Waals surface area contributed by atoms with Gasteiger partial charge >= 0.3 is 0 Å². The molecule has 3 N–H and O–H groups in total. The van der Waals surface area contributed by atoms with Crippen LogP contribution < -0.4 is 11.1 Å². The first kappa shape index (κ1) is 12.2. The van der Waals surface area contributed by atoms with E-state index in [0.717, 1.165) is 29.7 Å². The first-order valence-corrected chi connectivity index (χ1v) is 6.72. The smallest absolute Gasteiger partial charge is 0.149 e. The molecule has 0 atom stereocenters. The van der Waals surface area contributed by atoms with Crippen molar-refractivity contribution in [1.82, 2.24) is 4.98 Å². The molecular formula is C14H23N3. The number of rotatable bonds is 5. The SMILES string of the molecule is Cc1ccc(N)c(NCCCC2CCCC2)n1. The lowest BCUT2D eigenvalue weighted by Crippen LogP contribution is -2.08. The summed E-state index contributed by atoms with van der Waals surface area (Å²) in [5, 5.41) is 3.34. The summed E-state index contributed by atoms with van der Waals surface area (Å²) < 4.78 is 0. The Hall–Kier alpha value is -1.25. The number of nitrogens with one attached hydrogen (secondary N) is 1. The number of aromatic nitrogens is 1. The van der Waals surface area contributed by atoms with Crippen molar-refractivity contribution >= 4 is 11.5 Å². The monoisotopic (exact) mass is 233 g/mol. The molecule has 0 amide bonds. The third-order valence-corrected chi connectivity index (χ3v) is 3.62. The van der Waals surface area contributed by atoms with Crippen LogP contribution in [0.2, 0.25) is 0 Å². The number of nitrogens with two attached hydrogens (primary N) is 1. The van der Waals surface area contributed by atoms with Gasteiger partial charge in [0.15, 0.2) is 0 Å². The van der Waals surface area contributed by atoms with Gasteiger partial charge in [-0.25, -0.2) is 4.98 Å². The Morgan fingerprint density at radius 2 is 2.12 bits per heavy atom. The summed E-state index contributed by atoms with van der Waals surface area (Å²) in [7, 11) is 0. The molecule has 94 valence electrons. The van der Waals surface area contributed by atoms with Crippen LogP contribution in [0.25, 0.3) is 0 Å². The molecule has 0 radical (unpaired) electrons. The molecular weight excluding hydrogens is 210 g/mol. The standard InChI is InChI=1S/C14H23N3/c1-11-8-9-13(15)14(17-11)16-10-4-7-12-5-2-3-6-12/h8-9,12H,2-7,10,15H2,1H3,(H,16,17). The molecule has 1 heterocycles. The van der Waals surface area contributed by atoms with E-state index in [4.69, 9.17) is 5.73 Å². The number of aryl methyl sites for hydroxylation is 1. The molecule has 0 saturated heterocycles.